The van der Waals surface area contributed by atoms with Gasteiger partial charge < -0.3 is 15.2 Å². The number of nitrogens with two attached hydrogens (primary N) is 1. The van der Waals surface area contributed by atoms with Gasteiger partial charge in [0.2, 0.25) is 0 Å². The van der Waals surface area contributed by atoms with Gasteiger partial charge in [0.25, 0.3) is 0 Å². The van der Waals surface area contributed by atoms with Gasteiger partial charge in [-0.25, -0.2) is 4.79 Å². The van der Waals surface area contributed by atoms with Crippen LogP contribution < -0.4 is 10.5 Å². The molecule has 92 valence electrons. The van der Waals surface area contributed by atoms with Crippen LogP contribution in [0, 0.1) is 5.92 Å². The molecule has 1 aliphatic rings. The van der Waals surface area contributed by atoms with E-state index in [4.69, 9.17) is 26.8 Å². The molecule has 0 radical (unpaired) electrons. The van der Waals surface area contributed by atoms with E-state index in [9.17, 15) is 4.79 Å². The van der Waals surface area contributed by atoms with Crippen LogP contribution in [0.25, 0.3) is 0 Å². The average molecular weight is 256 g/mol. The van der Waals surface area contributed by atoms with E-state index >= 15 is 0 Å². The molecule has 1 aliphatic carbocycles. The summed E-state index contributed by atoms with van der Waals surface area (Å²) < 4.78 is 10.3. The molecule has 1 aromatic rings. The van der Waals surface area contributed by atoms with E-state index in [1.165, 1.54) is 19.2 Å². The predicted octanol–water partition coefficient (Wildman–Crippen LogP) is 2.50. The minimum absolute atomic E-state index is 0.312. The largest absolute Gasteiger partial charge is 0.496 e. The standard InChI is InChI=1S/C12H14ClNO3/c1-16-11-5-10(14)9(13)4-8(11)12(15)17-6-7-2-3-7/h4-5,7H,2-3,6,14H2,1H3. The number of anilines is 1. The minimum atomic E-state index is -0.421. The van der Waals surface area contributed by atoms with Crippen LogP contribution in [-0.4, -0.2) is 19.7 Å². The zero-order valence-electron chi connectivity index (χ0n) is 9.53. The molecule has 1 saturated carbocycles. The highest BCUT2D eigenvalue weighted by molar-refractivity contribution is 6.33. The molecule has 2 rings (SSSR count). The number of carbonyl (C=O) groups excluding carboxylic acids is 1. The SMILES string of the molecule is COc1cc(N)c(Cl)cc1C(=O)OCC1CC1. The number of hydrogen-bond acceptors (Lipinski definition) is 4. The van der Waals surface area contributed by atoms with Crippen molar-refractivity contribution in [3.8, 4) is 5.75 Å². The molecule has 0 aromatic heterocycles. The van der Waals surface area contributed by atoms with Crippen molar-refractivity contribution < 1.29 is 14.3 Å². The molecule has 2 N–H and O–H groups in total. The third-order valence-corrected chi connectivity index (χ3v) is 3.01. The van der Waals surface area contributed by atoms with E-state index in [1.807, 2.05) is 0 Å². The number of benzene rings is 1. The summed E-state index contributed by atoms with van der Waals surface area (Å²) in [6.07, 6.45) is 2.26. The van der Waals surface area contributed by atoms with Gasteiger partial charge in [-0.15, -0.1) is 0 Å². The minimum Gasteiger partial charge on any atom is -0.496 e. The van der Waals surface area contributed by atoms with Gasteiger partial charge in [-0.05, 0) is 24.8 Å². The fourth-order valence-electron chi connectivity index (χ4n) is 1.45. The van der Waals surface area contributed by atoms with Crippen LogP contribution in [0.1, 0.15) is 23.2 Å². The molecule has 0 bridgehead atoms. The zero-order chi connectivity index (χ0) is 12.4. The van der Waals surface area contributed by atoms with Crippen molar-refractivity contribution in [2.45, 2.75) is 12.8 Å². The fourth-order valence-corrected chi connectivity index (χ4v) is 1.62. The Morgan fingerprint density at radius 1 is 1.53 bits per heavy atom. The Kier molecular flexibility index (Phi) is 3.43. The smallest absolute Gasteiger partial charge is 0.341 e. The molecule has 17 heavy (non-hydrogen) atoms. The number of ether oxygens (including phenoxy) is 2. The van der Waals surface area contributed by atoms with Crippen molar-refractivity contribution in [3.05, 3.63) is 22.7 Å². The van der Waals surface area contributed by atoms with E-state index < -0.39 is 5.97 Å². The first-order chi connectivity index (χ1) is 8.11. The van der Waals surface area contributed by atoms with Gasteiger partial charge in [0, 0.05) is 6.07 Å². The lowest BCUT2D eigenvalue weighted by molar-refractivity contribution is 0.0482. The second-order valence-electron chi connectivity index (χ2n) is 4.12. The first-order valence-electron chi connectivity index (χ1n) is 5.42. The van der Waals surface area contributed by atoms with Crippen molar-refractivity contribution in [2.24, 2.45) is 5.92 Å². The highest BCUT2D eigenvalue weighted by Crippen LogP contribution is 2.31. The Morgan fingerprint density at radius 2 is 2.24 bits per heavy atom. The highest BCUT2D eigenvalue weighted by atomic mass is 35.5. The van der Waals surface area contributed by atoms with Gasteiger partial charge in [0.15, 0.2) is 0 Å². The number of hydrogen-bond donors (Lipinski definition) is 1. The van der Waals surface area contributed by atoms with E-state index in [-0.39, 0.29) is 0 Å². The first kappa shape index (κ1) is 12.0. The van der Waals surface area contributed by atoms with Crippen LogP contribution in [0.2, 0.25) is 5.02 Å². The van der Waals surface area contributed by atoms with E-state index in [0.717, 1.165) is 12.8 Å². The maximum Gasteiger partial charge on any atom is 0.341 e. The third-order valence-electron chi connectivity index (χ3n) is 2.69. The average Bonchev–Trinajstić information content (AvgIpc) is 3.13. The maximum atomic E-state index is 11.8. The van der Waals surface area contributed by atoms with Crippen LogP contribution in [0.5, 0.6) is 5.75 Å². The molecule has 0 aliphatic heterocycles. The summed E-state index contributed by atoms with van der Waals surface area (Å²) in [5.74, 6) is 0.484. The summed E-state index contributed by atoms with van der Waals surface area (Å²) >= 11 is 5.87. The molecular formula is C12H14ClNO3. The van der Waals surface area contributed by atoms with Crippen LogP contribution >= 0.6 is 11.6 Å². The predicted molar refractivity (Wildman–Crippen MR) is 65.4 cm³/mol. The van der Waals surface area contributed by atoms with Crippen molar-refractivity contribution in [2.75, 3.05) is 19.5 Å². The van der Waals surface area contributed by atoms with Crippen molar-refractivity contribution in [3.63, 3.8) is 0 Å². The molecule has 1 fully saturated rings. The van der Waals surface area contributed by atoms with Gasteiger partial charge in [0.1, 0.15) is 11.3 Å². The first-order valence-corrected chi connectivity index (χ1v) is 5.79. The zero-order valence-corrected chi connectivity index (χ0v) is 10.3. The lowest BCUT2D eigenvalue weighted by Gasteiger charge is -2.10. The maximum absolute atomic E-state index is 11.8. The Morgan fingerprint density at radius 3 is 2.82 bits per heavy atom. The van der Waals surface area contributed by atoms with Crippen molar-refractivity contribution in [1.29, 1.82) is 0 Å². The Hall–Kier alpha value is -1.42. The normalized spacial score (nSPS) is 14.5. The molecule has 0 spiro atoms. The summed E-state index contributed by atoms with van der Waals surface area (Å²) in [7, 11) is 1.47. The second kappa shape index (κ2) is 4.84. The molecule has 0 unspecified atom stereocenters. The number of nitrogen functional groups attached to an aromatic ring is 1. The topological polar surface area (TPSA) is 61.5 Å². The highest BCUT2D eigenvalue weighted by Gasteiger charge is 2.24. The summed E-state index contributed by atoms with van der Waals surface area (Å²) in [5.41, 5.74) is 6.32. The fraction of sp³-hybridized carbons (Fsp3) is 0.417. The molecule has 0 heterocycles. The number of methoxy groups -OCH3 is 1. The van der Waals surface area contributed by atoms with E-state index in [2.05, 4.69) is 0 Å². The summed E-state index contributed by atoms with van der Waals surface area (Å²) in [6, 6.07) is 3.00. The van der Waals surface area contributed by atoms with Crippen molar-refractivity contribution in [1.82, 2.24) is 0 Å². The quantitative estimate of drug-likeness (QED) is 0.663. The molecular weight excluding hydrogens is 242 g/mol. The number of carbonyl (C=O) groups is 1. The second-order valence-corrected chi connectivity index (χ2v) is 4.52. The van der Waals surface area contributed by atoms with Gasteiger partial charge in [0.05, 0.1) is 24.4 Å². The Bertz CT molecular complexity index is 444. The van der Waals surface area contributed by atoms with E-state index in [0.29, 0.717) is 34.5 Å². The van der Waals surface area contributed by atoms with Gasteiger partial charge >= 0.3 is 5.97 Å². The lowest BCUT2D eigenvalue weighted by Crippen LogP contribution is -2.09. The van der Waals surface area contributed by atoms with Gasteiger partial charge in [-0.2, -0.15) is 0 Å². The van der Waals surface area contributed by atoms with Crippen LogP contribution in [-0.2, 0) is 4.74 Å². The Labute approximate surface area is 105 Å². The lowest BCUT2D eigenvalue weighted by atomic mass is 10.2. The summed E-state index contributed by atoms with van der Waals surface area (Å²) in [5, 5.41) is 0.323. The molecule has 0 saturated heterocycles. The number of rotatable bonds is 4. The molecule has 1 aromatic carbocycles. The summed E-state index contributed by atoms with van der Waals surface area (Å²) in [6.45, 7) is 0.462. The van der Waals surface area contributed by atoms with Crippen molar-refractivity contribution >= 4 is 23.3 Å². The van der Waals surface area contributed by atoms with Gasteiger partial charge in [-0.3, -0.25) is 0 Å². The third kappa shape index (κ3) is 2.82. The molecule has 4 nitrogen and oxygen atoms in total. The molecule has 0 amide bonds. The van der Waals surface area contributed by atoms with Crippen LogP contribution in [0.3, 0.4) is 0 Å². The monoisotopic (exact) mass is 255 g/mol. The van der Waals surface area contributed by atoms with E-state index in [1.54, 1.807) is 0 Å². The molecule has 5 heteroatoms. The Balaban J connectivity index is 2.16. The molecule has 0 atom stereocenters. The number of esters is 1. The number of halogens is 1. The van der Waals surface area contributed by atoms with Crippen LogP contribution in [0.15, 0.2) is 12.1 Å². The van der Waals surface area contributed by atoms with Gasteiger partial charge in [-0.1, -0.05) is 11.6 Å². The van der Waals surface area contributed by atoms with Crippen LogP contribution in [0.4, 0.5) is 5.69 Å². The summed E-state index contributed by atoms with van der Waals surface area (Å²) in [4.78, 5) is 11.8.